The average Bonchev–Trinajstić information content (AvgIpc) is 2.01. The number of nitrogens with zero attached hydrogens (tertiary/aromatic N) is 1. The fourth-order valence-electron chi connectivity index (χ4n) is 1.30. The van der Waals surface area contributed by atoms with Gasteiger partial charge in [-0.3, -0.25) is 0 Å². The number of aliphatic hydroxyl groups is 1. The summed E-state index contributed by atoms with van der Waals surface area (Å²) in [6.07, 6.45) is 7.00. The molecule has 0 radical (unpaired) electrons. The van der Waals surface area contributed by atoms with Crippen molar-refractivity contribution in [3.8, 4) is 12.3 Å². The van der Waals surface area contributed by atoms with Crippen LogP contribution in [0.25, 0.3) is 0 Å². The molecule has 1 N–H and O–H groups in total. The first-order valence-corrected chi connectivity index (χ1v) is 4.88. The molecule has 0 saturated carbocycles. The summed E-state index contributed by atoms with van der Waals surface area (Å²) in [5, 5.41) is 9.59. The lowest BCUT2D eigenvalue weighted by Crippen LogP contribution is -2.38. The maximum Gasteiger partial charge on any atom is 0.0718 e. The molecule has 76 valence electrons. The first-order chi connectivity index (χ1) is 5.99. The van der Waals surface area contributed by atoms with E-state index >= 15 is 0 Å². The van der Waals surface area contributed by atoms with Gasteiger partial charge in [-0.2, -0.15) is 0 Å². The summed E-state index contributed by atoms with van der Waals surface area (Å²) >= 11 is 0. The van der Waals surface area contributed by atoms with Crippen molar-refractivity contribution in [3.05, 3.63) is 0 Å². The van der Waals surface area contributed by atoms with Gasteiger partial charge in [-0.25, -0.2) is 0 Å². The lowest BCUT2D eigenvalue weighted by atomic mass is 10.1. The minimum atomic E-state index is -0.605. The Kier molecular flexibility index (Phi) is 5.77. The van der Waals surface area contributed by atoms with E-state index in [0.29, 0.717) is 6.54 Å². The molecule has 0 heterocycles. The van der Waals surface area contributed by atoms with Gasteiger partial charge in [0.15, 0.2) is 0 Å². The summed E-state index contributed by atoms with van der Waals surface area (Å²) in [6, 6.07) is 0. The van der Waals surface area contributed by atoms with Gasteiger partial charge in [-0.15, -0.1) is 12.3 Å². The molecule has 0 fully saturated rings. The van der Waals surface area contributed by atoms with E-state index in [0.717, 1.165) is 25.9 Å². The van der Waals surface area contributed by atoms with Gasteiger partial charge in [0, 0.05) is 13.0 Å². The Labute approximate surface area is 81.9 Å². The first-order valence-electron chi connectivity index (χ1n) is 4.88. The van der Waals surface area contributed by atoms with Crippen molar-refractivity contribution in [2.75, 3.05) is 19.6 Å². The monoisotopic (exact) mass is 183 g/mol. The molecule has 0 aliphatic rings. The highest BCUT2D eigenvalue weighted by Gasteiger charge is 2.16. The number of rotatable bonds is 6. The maximum atomic E-state index is 9.59. The second-order valence-electron chi connectivity index (χ2n) is 3.99. The van der Waals surface area contributed by atoms with Gasteiger partial charge in [0.1, 0.15) is 0 Å². The molecule has 0 unspecified atom stereocenters. The summed E-state index contributed by atoms with van der Waals surface area (Å²) in [7, 11) is 0. The zero-order valence-electron chi connectivity index (χ0n) is 9.01. The number of hydrogen-bond donors (Lipinski definition) is 1. The van der Waals surface area contributed by atoms with Crippen LogP contribution in [0.4, 0.5) is 0 Å². The highest BCUT2D eigenvalue weighted by atomic mass is 16.3. The molecule has 2 nitrogen and oxygen atoms in total. The van der Waals surface area contributed by atoms with E-state index in [4.69, 9.17) is 6.42 Å². The summed E-state index contributed by atoms with van der Waals surface area (Å²) < 4.78 is 0. The summed E-state index contributed by atoms with van der Waals surface area (Å²) in [5.41, 5.74) is -0.605. The summed E-state index contributed by atoms with van der Waals surface area (Å²) in [4.78, 5) is 2.22. The second-order valence-corrected chi connectivity index (χ2v) is 3.99. The van der Waals surface area contributed by atoms with Crippen molar-refractivity contribution in [2.24, 2.45) is 0 Å². The van der Waals surface area contributed by atoms with Crippen LogP contribution in [0.1, 0.15) is 33.6 Å². The maximum absolute atomic E-state index is 9.59. The van der Waals surface area contributed by atoms with Crippen molar-refractivity contribution in [3.63, 3.8) is 0 Å². The molecule has 0 aromatic carbocycles. The van der Waals surface area contributed by atoms with Crippen molar-refractivity contribution in [2.45, 2.75) is 39.2 Å². The van der Waals surface area contributed by atoms with Gasteiger partial charge in [0.25, 0.3) is 0 Å². The molecule has 0 aromatic heterocycles. The van der Waals surface area contributed by atoms with Crippen LogP contribution in [0.15, 0.2) is 0 Å². The minimum absolute atomic E-state index is 0.605. The van der Waals surface area contributed by atoms with Gasteiger partial charge in [0.2, 0.25) is 0 Å². The van der Waals surface area contributed by atoms with Crippen LogP contribution in [0.2, 0.25) is 0 Å². The van der Waals surface area contributed by atoms with Gasteiger partial charge in [-0.05, 0) is 33.4 Å². The van der Waals surface area contributed by atoms with Crippen LogP contribution in [-0.2, 0) is 0 Å². The number of hydrogen-bond acceptors (Lipinski definition) is 2. The Morgan fingerprint density at radius 2 is 2.08 bits per heavy atom. The molecule has 13 heavy (non-hydrogen) atoms. The molecular formula is C11H21NO. The largest absolute Gasteiger partial charge is 0.389 e. The quantitative estimate of drug-likeness (QED) is 0.498. The van der Waals surface area contributed by atoms with E-state index in [1.165, 1.54) is 0 Å². The molecular weight excluding hydrogens is 162 g/mol. The Balaban J connectivity index is 3.71. The van der Waals surface area contributed by atoms with Gasteiger partial charge >= 0.3 is 0 Å². The molecule has 0 saturated heterocycles. The lowest BCUT2D eigenvalue weighted by molar-refractivity contribution is 0.0377. The Morgan fingerprint density at radius 3 is 2.46 bits per heavy atom. The Morgan fingerprint density at radius 1 is 1.46 bits per heavy atom. The predicted molar refractivity (Wildman–Crippen MR) is 56.5 cm³/mol. The van der Waals surface area contributed by atoms with Crippen LogP contribution < -0.4 is 0 Å². The van der Waals surface area contributed by atoms with E-state index in [-0.39, 0.29) is 0 Å². The van der Waals surface area contributed by atoms with Crippen molar-refractivity contribution < 1.29 is 5.11 Å². The fraction of sp³-hybridized carbons (Fsp3) is 0.818. The van der Waals surface area contributed by atoms with Gasteiger partial charge in [-0.1, -0.05) is 6.92 Å². The highest BCUT2D eigenvalue weighted by molar-refractivity contribution is 4.83. The Bertz CT molecular complexity index is 164. The lowest BCUT2D eigenvalue weighted by Gasteiger charge is -2.27. The molecule has 2 heteroatoms. The minimum Gasteiger partial charge on any atom is -0.389 e. The smallest absolute Gasteiger partial charge is 0.0718 e. The zero-order chi connectivity index (χ0) is 10.3. The zero-order valence-corrected chi connectivity index (χ0v) is 9.01. The van der Waals surface area contributed by atoms with Crippen LogP contribution in [0.5, 0.6) is 0 Å². The third kappa shape index (κ3) is 7.83. The van der Waals surface area contributed by atoms with E-state index in [1.54, 1.807) is 0 Å². The van der Waals surface area contributed by atoms with Crippen LogP contribution in [0.3, 0.4) is 0 Å². The topological polar surface area (TPSA) is 23.5 Å². The number of likely N-dealkylation sites (N-methyl/N-ethyl adjacent to an activating group) is 1. The predicted octanol–water partition coefficient (Wildman–Crippen LogP) is 1.49. The SMILES string of the molecule is C#CCCCN(CC)CC(C)(C)O. The second kappa shape index (κ2) is 6.01. The molecule has 0 bridgehead atoms. The molecule has 0 atom stereocenters. The molecule has 0 amide bonds. The summed E-state index contributed by atoms with van der Waals surface area (Å²) in [5.74, 6) is 2.62. The molecule has 0 rings (SSSR count). The molecule has 0 aromatic rings. The third-order valence-corrected chi connectivity index (χ3v) is 1.85. The van der Waals surface area contributed by atoms with Gasteiger partial charge in [0.05, 0.1) is 5.60 Å². The van der Waals surface area contributed by atoms with E-state index in [9.17, 15) is 5.11 Å². The van der Waals surface area contributed by atoms with Crippen LogP contribution in [-0.4, -0.2) is 35.2 Å². The number of unbranched alkanes of at least 4 members (excludes halogenated alkanes) is 1. The standard InChI is InChI=1S/C11H21NO/c1-5-7-8-9-12(6-2)10-11(3,4)13/h1,13H,6-10H2,2-4H3. The molecule has 0 spiro atoms. The van der Waals surface area contributed by atoms with Crippen LogP contribution in [0, 0.1) is 12.3 Å². The Hall–Kier alpha value is -0.520. The normalized spacial score (nSPS) is 11.7. The van der Waals surface area contributed by atoms with Crippen LogP contribution >= 0.6 is 0 Å². The fourth-order valence-corrected chi connectivity index (χ4v) is 1.30. The number of terminal acetylenes is 1. The average molecular weight is 183 g/mol. The van der Waals surface area contributed by atoms with E-state index < -0.39 is 5.60 Å². The molecule has 0 aliphatic heterocycles. The van der Waals surface area contributed by atoms with Crippen molar-refractivity contribution >= 4 is 0 Å². The first kappa shape index (κ1) is 12.5. The molecule has 0 aliphatic carbocycles. The third-order valence-electron chi connectivity index (χ3n) is 1.85. The van der Waals surface area contributed by atoms with Crippen molar-refractivity contribution in [1.29, 1.82) is 0 Å². The van der Waals surface area contributed by atoms with Gasteiger partial charge < -0.3 is 10.0 Å². The summed E-state index contributed by atoms with van der Waals surface area (Å²) in [6.45, 7) is 8.42. The van der Waals surface area contributed by atoms with Crippen molar-refractivity contribution in [1.82, 2.24) is 4.90 Å². The van der Waals surface area contributed by atoms with E-state index in [1.807, 2.05) is 13.8 Å². The highest BCUT2D eigenvalue weighted by Crippen LogP contribution is 2.05. The van der Waals surface area contributed by atoms with E-state index in [2.05, 4.69) is 17.7 Å².